The summed E-state index contributed by atoms with van der Waals surface area (Å²) in [5, 5.41) is 9.34. The summed E-state index contributed by atoms with van der Waals surface area (Å²) in [5.41, 5.74) is -2.03. The molecule has 0 radical (unpaired) electrons. The number of hydrogen-bond donors (Lipinski definition) is 3. The van der Waals surface area contributed by atoms with Crippen LogP contribution in [0.3, 0.4) is 0 Å². The molecule has 0 bridgehead atoms. The molecule has 2 atom stereocenters. The second-order valence-corrected chi connectivity index (χ2v) is 18.3. The number of carbonyl (C=O) groups excluding carboxylic acids is 5. The molecule has 8 heteroatoms. The van der Waals surface area contributed by atoms with Crippen LogP contribution in [0.25, 0.3) is 0 Å². The second kappa shape index (κ2) is 16.6. The van der Waals surface area contributed by atoms with Crippen molar-refractivity contribution in [3.05, 3.63) is 0 Å². The van der Waals surface area contributed by atoms with Gasteiger partial charge >= 0.3 is 0 Å². The third-order valence-corrected chi connectivity index (χ3v) is 6.77. The fourth-order valence-corrected chi connectivity index (χ4v) is 4.09. The Bertz CT molecular complexity index is 972. The number of hydrogen-bond acceptors (Lipinski definition) is 7. The van der Waals surface area contributed by atoms with Gasteiger partial charge in [0.1, 0.15) is 5.78 Å². The van der Waals surface area contributed by atoms with Gasteiger partial charge in [0.25, 0.3) is 0 Å². The molecule has 0 aromatic carbocycles. The first-order valence-corrected chi connectivity index (χ1v) is 16.2. The maximum absolute atomic E-state index is 12.6. The molecule has 2 unspecified atom stereocenters. The highest BCUT2D eigenvalue weighted by atomic mass is 16.2. The Hall–Kier alpha value is -1.93. The Morgan fingerprint density at radius 2 is 0.773 bits per heavy atom. The van der Waals surface area contributed by atoms with Gasteiger partial charge in [0.15, 0.2) is 17.3 Å². The molecule has 0 spiro atoms. The van der Waals surface area contributed by atoms with Gasteiger partial charge in [-0.1, -0.05) is 83.1 Å². The molecule has 1 amide bonds. The Morgan fingerprint density at radius 3 is 1.05 bits per heavy atom. The van der Waals surface area contributed by atoms with Crippen LogP contribution < -0.4 is 16.0 Å². The highest BCUT2D eigenvalue weighted by molar-refractivity contribution is 5.91. The SMILES string of the molecule is CC(C)(C)NC(CCC(=O)C(C)(C)C)C(=O)C(C)(C)C.CC(C)(C)NC(CCC(=O)NCC(=O)C(C)(C)C)C(=O)C(C)(C)C. The monoisotopic (exact) mass is 624 g/mol. The first-order chi connectivity index (χ1) is 19.2. The van der Waals surface area contributed by atoms with Gasteiger partial charge in [-0.3, -0.25) is 24.0 Å². The van der Waals surface area contributed by atoms with Crippen LogP contribution in [0.2, 0.25) is 0 Å². The van der Waals surface area contributed by atoms with Gasteiger partial charge in [-0.05, 0) is 54.4 Å². The molecule has 0 fully saturated rings. The molecule has 0 aliphatic heterocycles. The first kappa shape index (κ1) is 44.2. The minimum absolute atomic E-state index is 0.00835. The van der Waals surface area contributed by atoms with Gasteiger partial charge in [0, 0.05) is 45.6 Å². The average molecular weight is 624 g/mol. The van der Waals surface area contributed by atoms with Crippen molar-refractivity contribution in [2.45, 2.75) is 173 Å². The third-order valence-electron chi connectivity index (χ3n) is 6.77. The van der Waals surface area contributed by atoms with Crippen LogP contribution in [0, 0.1) is 21.7 Å². The van der Waals surface area contributed by atoms with Crippen LogP contribution in [-0.4, -0.2) is 58.7 Å². The van der Waals surface area contributed by atoms with E-state index in [0.29, 0.717) is 19.3 Å². The van der Waals surface area contributed by atoms with E-state index in [0.717, 1.165) is 0 Å². The maximum Gasteiger partial charge on any atom is 0.220 e. The lowest BCUT2D eigenvalue weighted by atomic mass is 9.81. The smallest absolute Gasteiger partial charge is 0.220 e. The predicted octanol–water partition coefficient (Wildman–Crippen LogP) is 6.62. The number of Topliss-reactive ketones (excluding diaryl/α,β-unsaturated/α-hetero) is 4. The Kier molecular flexibility index (Phi) is 16.7. The van der Waals surface area contributed by atoms with Gasteiger partial charge in [0.2, 0.25) is 5.91 Å². The number of rotatable bonds is 12. The van der Waals surface area contributed by atoms with E-state index in [2.05, 4.69) is 16.0 Å². The van der Waals surface area contributed by atoms with Crippen molar-refractivity contribution in [1.82, 2.24) is 16.0 Å². The lowest BCUT2D eigenvalue weighted by Crippen LogP contribution is -2.51. The van der Waals surface area contributed by atoms with Crippen molar-refractivity contribution in [3.63, 3.8) is 0 Å². The summed E-state index contributed by atoms with van der Waals surface area (Å²) in [6.07, 6.45) is 1.65. The quantitative estimate of drug-likeness (QED) is 0.223. The van der Waals surface area contributed by atoms with Crippen molar-refractivity contribution >= 4 is 29.0 Å². The second-order valence-electron chi connectivity index (χ2n) is 18.3. The van der Waals surface area contributed by atoms with Crippen LogP contribution in [0.5, 0.6) is 0 Å². The fourth-order valence-electron chi connectivity index (χ4n) is 4.09. The highest BCUT2D eigenvalue weighted by Gasteiger charge is 2.34. The Balaban J connectivity index is 0. The molecular formula is C36H69N3O5. The summed E-state index contributed by atoms with van der Waals surface area (Å²) in [6, 6.07) is -0.643. The number of ketones is 4. The summed E-state index contributed by atoms with van der Waals surface area (Å²) in [7, 11) is 0. The van der Waals surface area contributed by atoms with E-state index in [9.17, 15) is 24.0 Å². The summed E-state index contributed by atoms with van der Waals surface area (Å²) >= 11 is 0. The predicted molar refractivity (Wildman–Crippen MR) is 183 cm³/mol. The molecule has 0 heterocycles. The van der Waals surface area contributed by atoms with Crippen LogP contribution in [0.15, 0.2) is 0 Å². The normalized spacial score (nSPS) is 14.6. The van der Waals surface area contributed by atoms with Crippen molar-refractivity contribution in [1.29, 1.82) is 0 Å². The maximum atomic E-state index is 12.6. The molecule has 0 saturated heterocycles. The summed E-state index contributed by atoms with van der Waals surface area (Å²) in [5.74, 6) is 0.269. The van der Waals surface area contributed by atoms with Gasteiger partial charge in [-0.15, -0.1) is 0 Å². The summed E-state index contributed by atoms with van der Waals surface area (Å²) < 4.78 is 0. The van der Waals surface area contributed by atoms with Crippen LogP contribution in [0.1, 0.15) is 150 Å². The molecule has 0 aliphatic carbocycles. The lowest BCUT2D eigenvalue weighted by molar-refractivity contribution is -0.131. The molecule has 8 nitrogen and oxygen atoms in total. The molecular weight excluding hydrogens is 554 g/mol. The molecule has 258 valence electrons. The van der Waals surface area contributed by atoms with Gasteiger partial charge < -0.3 is 16.0 Å². The molecule has 0 aromatic rings. The van der Waals surface area contributed by atoms with Crippen LogP contribution >= 0.6 is 0 Å². The standard InChI is InChI=1S/C19H36N2O3.C17H33NO2/c1-17(2,3)14(22)12-20-15(23)11-10-13(21-19(7,8)9)16(24)18(4,5)6;1-15(2,3)13(19)11-10-12(18-17(7,8)9)14(20)16(4,5)6/h13,21H,10-12H2,1-9H3,(H,20,23);12,18H,10-11H2,1-9H3. The van der Waals surface area contributed by atoms with Crippen molar-refractivity contribution in [3.8, 4) is 0 Å². The number of carbonyl (C=O) groups is 5. The topological polar surface area (TPSA) is 121 Å². The Labute approximate surface area is 270 Å². The van der Waals surface area contributed by atoms with E-state index in [-0.39, 0.29) is 70.6 Å². The first-order valence-electron chi connectivity index (χ1n) is 16.2. The van der Waals surface area contributed by atoms with E-state index in [1.54, 1.807) is 0 Å². The number of amides is 1. The Morgan fingerprint density at radius 1 is 0.455 bits per heavy atom. The van der Waals surface area contributed by atoms with Gasteiger partial charge in [-0.2, -0.15) is 0 Å². The van der Waals surface area contributed by atoms with Gasteiger partial charge in [-0.25, -0.2) is 0 Å². The van der Waals surface area contributed by atoms with Crippen LogP contribution in [0.4, 0.5) is 0 Å². The van der Waals surface area contributed by atoms with Crippen LogP contribution in [-0.2, 0) is 24.0 Å². The highest BCUT2D eigenvalue weighted by Crippen LogP contribution is 2.24. The van der Waals surface area contributed by atoms with Gasteiger partial charge in [0.05, 0.1) is 18.6 Å². The molecule has 3 N–H and O–H groups in total. The molecule has 44 heavy (non-hydrogen) atoms. The average Bonchev–Trinajstić information content (AvgIpc) is 2.78. The molecule has 0 rings (SSSR count). The minimum atomic E-state index is -0.471. The van der Waals surface area contributed by atoms with E-state index in [4.69, 9.17) is 0 Å². The van der Waals surface area contributed by atoms with E-state index in [1.807, 2.05) is 125 Å². The van der Waals surface area contributed by atoms with E-state index < -0.39 is 16.2 Å². The lowest BCUT2D eigenvalue weighted by Gasteiger charge is -2.32. The molecule has 0 saturated carbocycles. The molecule has 0 aromatic heterocycles. The minimum Gasteiger partial charge on any atom is -0.349 e. The van der Waals surface area contributed by atoms with E-state index >= 15 is 0 Å². The molecule has 0 aliphatic rings. The largest absolute Gasteiger partial charge is 0.349 e. The van der Waals surface area contributed by atoms with Crippen molar-refractivity contribution < 1.29 is 24.0 Å². The zero-order chi connectivity index (χ0) is 35.7. The van der Waals surface area contributed by atoms with E-state index in [1.165, 1.54) is 0 Å². The number of nitrogens with one attached hydrogen (secondary N) is 3. The zero-order valence-corrected chi connectivity index (χ0v) is 31.7. The zero-order valence-electron chi connectivity index (χ0n) is 31.7. The summed E-state index contributed by atoms with van der Waals surface area (Å²) in [6.45, 7) is 34.8. The summed E-state index contributed by atoms with van der Waals surface area (Å²) in [4.78, 5) is 61.1. The van der Waals surface area contributed by atoms with Crippen molar-refractivity contribution in [2.24, 2.45) is 21.7 Å². The fraction of sp³-hybridized carbons (Fsp3) is 0.861. The van der Waals surface area contributed by atoms with Crippen molar-refractivity contribution in [2.75, 3.05) is 6.54 Å². The third kappa shape index (κ3) is 20.2.